The average molecular weight is 586 g/mol. The van der Waals surface area contributed by atoms with Crippen LogP contribution in [-0.4, -0.2) is 9.13 Å². The van der Waals surface area contributed by atoms with Crippen LogP contribution in [0.3, 0.4) is 0 Å². The summed E-state index contributed by atoms with van der Waals surface area (Å²) in [6.45, 7) is 0. The van der Waals surface area contributed by atoms with E-state index in [1.165, 1.54) is 43.7 Å². The monoisotopic (exact) mass is 585 g/mol. The highest BCUT2D eigenvalue weighted by Crippen LogP contribution is 2.37. The molecule has 0 aliphatic rings. The molecule has 3 heteroatoms. The fraction of sp³-hybridized carbons (Fsp3) is 0. The van der Waals surface area contributed by atoms with E-state index in [9.17, 15) is 5.26 Å². The van der Waals surface area contributed by atoms with Crippen molar-refractivity contribution in [3.63, 3.8) is 0 Å². The Hall–Kier alpha value is -6.37. The van der Waals surface area contributed by atoms with Gasteiger partial charge in [0.25, 0.3) is 0 Å². The number of hydrogen-bond donors (Lipinski definition) is 0. The maximum absolute atomic E-state index is 10.1. The minimum atomic E-state index is 0.630. The molecule has 0 N–H and O–H groups in total. The molecular formula is C43H27N3. The number of nitriles is 1. The predicted molar refractivity (Wildman–Crippen MR) is 191 cm³/mol. The molecule has 7 aromatic carbocycles. The molecule has 0 atom stereocenters. The molecule has 0 saturated heterocycles. The van der Waals surface area contributed by atoms with E-state index in [0.717, 1.165) is 33.5 Å². The Morgan fingerprint density at radius 1 is 0.348 bits per heavy atom. The summed E-state index contributed by atoms with van der Waals surface area (Å²) in [6, 6.07) is 60.1. The SMILES string of the molecule is N#Cc1cc(-c2ccc(-n3c4ccccc4c4ccccc43)cc2)cc(-n2c3ccccc3c3cc(-c4ccccc4)ccc32)c1. The quantitative estimate of drug-likeness (QED) is 0.202. The number of aromatic nitrogens is 2. The van der Waals surface area contributed by atoms with E-state index in [2.05, 4.69) is 161 Å². The van der Waals surface area contributed by atoms with Crippen LogP contribution in [0.25, 0.3) is 77.2 Å². The summed E-state index contributed by atoms with van der Waals surface area (Å²) in [4.78, 5) is 0. The van der Waals surface area contributed by atoms with Crippen LogP contribution < -0.4 is 0 Å². The summed E-state index contributed by atoms with van der Waals surface area (Å²) in [6.07, 6.45) is 0. The predicted octanol–water partition coefficient (Wildman–Crippen LogP) is 11.1. The summed E-state index contributed by atoms with van der Waals surface area (Å²) in [5.41, 5.74) is 11.8. The lowest BCUT2D eigenvalue weighted by Gasteiger charge is -2.13. The molecule has 0 aliphatic heterocycles. The van der Waals surface area contributed by atoms with Gasteiger partial charge < -0.3 is 9.13 Å². The van der Waals surface area contributed by atoms with Crippen molar-refractivity contribution < 1.29 is 0 Å². The van der Waals surface area contributed by atoms with Gasteiger partial charge in [0.15, 0.2) is 0 Å². The third-order valence-corrected chi connectivity index (χ3v) is 9.12. The lowest BCUT2D eigenvalue weighted by Crippen LogP contribution is -1.96. The van der Waals surface area contributed by atoms with Crippen LogP contribution in [0.4, 0.5) is 0 Å². The Kier molecular flexibility index (Phi) is 5.88. The summed E-state index contributed by atoms with van der Waals surface area (Å²) in [5.74, 6) is 0. The lowest BCUT2D eigenvalue weighted by molar-refractivity contribution is 1.17. The van der Waals surface area contributed by atoms with Gasteiger partial charge in [-0.3, -0.25) is 0 Å². The van der Waals surface area contributed by atoms with Gasteiger partial charge in [0, 0.05) is 32.9 Å². The second kappa shape index (κ2) is 10.4. The zero-order valence-corrected chi connectivity index (χ0v) is 24.9. The largest absolute Gasteiger partial charge is 0.309 e. The van der Waals surface area contributed by atoms with Crippen molar-refractivity contribution >= 4 is 43.6 Å². The third-order valence-electron chi connectivity index (χ3n) is 9.12. The second-order valence-corrected chi connectivity index (χ2v) is 11.7. The molecule has 3 nitrogen and oxygen atoms in total. The van der Waals surface area contributed by atoms with E-state index < -0.39 is 0 Å². The molecule has 0 unspecified atom stereocenters. The van der Waals surface area contributed by atoms with Gasteiger partial charge in [0.1, 0.15) is 0 Å². The minimum Gasteiger partial charge on any atom is -0.309 e. The Labute approximate surface area is 266 Å². The van der Waals surface area contributed by atoms with Crippen molar-refractivity contribution in [1.82, 2.24) is 9.13 Å². The second-order valence-electron chi connectivity index (χ2n) is 11.7. The van der Waals surface area contributed by atoms with Gasteiger partial charge in [0.05, 0.1) is 33.7 Å². The highest BCUT2D eigenvalue weighted by molar-refractivity contribution is 6.11. The maximum Gasteiger partial charge on any atom is 0.0992 e. The fourth-order valence-corrected chi connectivity index (χ4v) is 7.04. The molecule has 2 heterocycles. The maximum atomic E-state index is 10.1. The van der Waals surface area contributed by atoms with Crippen LogP contribution in [0.1, 0.15) is 5.56 Å². The lowest BCUT2D eigenvalue weighted by atomic mass is 10.0. The first-order chi connectivity index (χ1) is 22.8. The standard InChI is InChI=1S/C43H27N3/c44-28-29-24-33(31-18-21-34(22-19-31)45-40-15-7-4-12-36(40)37-13-5-8-16-41(37)45)26-35(25-29)46-42-17-9-6-14-38(42)39-27-32(20-23-43(39)46)30-10-2-1-3-11-30/h1-27H. The molecule has 9 aromatic rings. The van der Waals surface area contributed by atoms with Crippen molar-refractivity contribution in [2.45, 2.75) is 0 Å². The molecule has 0 saturated carbocycles. The topological polar surface area (TPSA) is 33.6 Å². The first-order valence-corrected chi connectivity index (χ1v) is 15.5. The van der Waals surface area contributed by atoms with Gasteiger partial charge in [-0.1, -0.05) is 103 Å². The fourth-order valence-electron chi connectivity index (χ4n) is 7.04. The first kappa shape index (κ1) is 26.1. The van der Waals surface area contributed by atoms with Crippen LogP contribution >= 0.6 is 0 Å². The number of para-hydroxylation sites is 3. The van der Waals surface area contributed by atoms with E-state index in [4.69, 9.17) is 0 Å². The van der Waals surface area contributed by atoms with Gasteiger partial charge in [-0.2, -0.15) is 5.26 Å². The van der Waals surface area contributed by atoms with Crippen molar-refractivity contribution in [1.29, 1.82) is 5.26 Å². The van der Waals surface area contributed by atoms with Crippen LogP contribution in [0.5, 0.6) is 0 Å². The van der Waals surface area contributed by atoms with Gasteiger partial charge in [0.2, 0.25) is 0 Å². The van der Waals surface area contributed by atoms with Crippen molar-refractivity contribution in [3.8, 4) is 39.7 Å². The van der Waals surface area contributed by atoms with Crippen molar-refractivity contribution in [2.24, 2.45) is 0 Å². The highest BCUT2D eigenvalue weighted by Gasteiger charge is 2.16. The van der Waals surface area contributed by atoms with Crippen LogP contribution in [0, 0.1) is 11.3 Å². The molecule has 2 aromatic heterocycles. The van der Waals surface area contributed by atoms with Gasteiger partial charge >= 0.3 is 0 Å². The molecule has 214 valence electrons. The number of benzene rings is 7. The van der Waals surface area contributed by atoms with Crippen LogP contribution in [-0.2, 0) is 0 Å². The van der Waals surface area contributed by atoms with Gasteiger partial charge in [-0.25, -0.2) is 0 Å². The van der Waals surface area contributed by atoms with E-state index in [-0.39, 0.29) is 0 Å². The molecule has 0 aliphatic carbocycles. The summed E-state index contributed by atoms with van der Waals surface area (Å²) in [5, 5.41) is 15.0. The summed E-state index contributed by atoms with van der Waals surface area (Å²) >= 11 is 0. The first-order valence-electron chi connectivity index (χ1n) is 15.5. The highest BCUT2D eigenvalue weighted by atomic mass is 15.0. The zero-order chi connectivity index (χ0) is 30.6. The smallest absolute Gasteiger partial charge is 0.0992 e. The number of rotatable bonds is 4. The number of hydrogen-bond acceptors (Lipinski definition) is 1. The van der Waals surface area contributed by atoms with Crippen molar-refractivity contribution in [2.75, 3.05) is 0 Å². The summed E-state index contributed by atoms with van der Waals surface area (Å²) < 4.78 is 4.61. The average Bonchev–Trinajstić information content (AvgIpc) is 3.64. The molecule has 0 bridgehead atoms. The molecule has 0 radical (unpaired) electrons. The molecule has 46 heavy (non-hydrogen) atoms. The third kappa shape index (κ3) is 4.05. The Morgan fingerprint density at radius 3 is 1.48 bits per heavy atom. The number of nitrogens with zero attached hydrogens (tertiary/aromatic N) is 3. The molecule has 0 amide bonds. The Balaban J connectivity index is 1.19. The minimum absolute atomic E-state index is 0.630. The Morgan fingerprint density at radius 2 is 0.848 bits per heavy atom. The van der Waals surface area contributed by atoms with Crippen LogP contribution in [0.2, 0.25) is 0 Å². The van der Waals surface area contributed by atoms with Crippen molar-refractivity contribution in [3.05, 3.63) is 169 Å². The Bertz CT molecular complexity index is 2580. The number of fused-ring (bicyclic) bond motifs is 6. The van der Waals surface area contributed by atoms with E-state index in [0.29, 0.717) is 5.56 Å². The normalized spacial score (nSPS) is 11.5. The molecule has 9 rings (SSSR count). The van der Waals surface area contributed by atoms with Gasteiger partial charge in [-0.15, -0.1) is 0 Å². The summed E-state index contributed by atoms with van der Waals surface area (Å²) in [7, 11) is 0. The van der Waals surface area contributed by atoms with E-state index >= 15 is 0 Å². The van der Waals surface area contributed by atoms with E-state index in [1.807, 2.05) is 18.2 Å². The molecule has 0 spiro atoms. The zero-order valence-electron chi connectivity index (χ0n) is 24.9. The molecule has 0 fully saturated rings. The van der Waals surface area contributed by atoms with E-state index in [1.54, 1.807) is 0 Å². The molecular weight excluding hydrogens is 558 g/mol. The van der Waals surface area contributed by atoms with Crippen LogP contribution in [0.15, 0.2) is 164 Å². The van der Waals surface area contributed by atoms with Gasteiger partial charge in [-0.05, 0) is 82.9 Å².